The predicted molar refractivity (Wildman–Crippen MR) is 121 cm³/mol. The maximum atomic E-state index is 12.5. The van der Waals surface area contributed by atoms with E-state index in [1.54, 1.807) is 24.3 Å². The molecule has 0 fully saturated rings. The van der Waals surface area contributed by atoms with Gasteiger partial charge in [0, 0.05) is 0 Å². The molecule has 0 heterocycles. The summed E-state index contributed by atoms with van der Waals surface area (Å²) in [5.74, 6) is 0. The van der Waals surface area contributed by atoms with Gasteiger partial charge in [-0.25, -0.2) is 0 Å². The van der Waals surface area contributed by atoms with Crippen LogP contribution >= 0.6 is 0 Å². The van der Waals surface area contributed by atoms with Gasteiger partial charge < -0.3 is 0 Å². The van der Waals surface area contributed by atoms with Crippen LogP contribution in [0.2, 0.25) is 0 Å². The van der Waals surface area contributed by atoms with E-state index in [-0.39, 0.29) is 4.90 Å². The van der Waals surface area contributed by atoms with Crippen LogP contribution in [0, 0.1) is 6.92 Å². The van der Waals surface area contributed by atoms with Crippen LogP contribution in [0.5, 0.6) is 0 Å². The maximum absolute atomic E-state index is 12.5. The second-order valence-corrected chi connectivity index (χ2v) is 8.87. The lowest BCUT2D eigenvalue weighted by Crippen LogP contribution is -2.26. The van der Waals surface area contributed by atoms with E-state index in [9.17, 15) is 8.42 Å². The van der Waals surface area contributed by atoms with Crippen molar-refractivity contribution in [2.24, 2.45) is 5.10 Å². The van der Waals surface area contributed by atoms with Crippen LogP contribution in [0.1, 0.15) is 16.7 Å². The van der Waals surface area contributed by atoms with E-state index in [4.69, 9.17) is 0 Å². The average molecular weight is 415 g/mol. The van der Waals surface area contributed by atoms with Gasteiger partial charge in [0.15, 0.2) is 0 Å². The van der Waals surface area contributed by atoms with Crippen LogP contribution in [0.25, 0.3) is 0 Å². The standard InChI is InChI=1S/C25H22N2O2S/c1-20-12-14-24(15-13-20)30(28,29)27-26-23-16-18-25(19-17-23,21-8-4-2-5-9-21)22-10-6-3-7-11-22/h2-19,27H,1H3. The fourth-order valence-corrected chi connectivity index (χ4v) is 4.31. The Hall–Kier alpha value is -3.44. The molecule has 0 saturated carbocycles. The summed E-state index contributed by atoms with van der Waals surface area (Å²) in [5, 5.41) is 4.11. The lowest BCUT2D eigenvalue weighted by molar-refractivity contribution is 0.584. The number of nitrogens with zero attached hydrogens (tertiary/aromatic N) is 1. The smallest absolute Gasteiger partial charge is 0.200 e. The molecule has 0 saturated heterocycles. The first-order valence-electron chi connectivity index (χ1n) is 9.65. The van der Waals surface area contributed by atoms with Crippen molar-refractivity contribution in [3.63, 3.8) is 0 Å². The summed E-state index contributed by atoms with van der Waals surface area (Å²) >= 11 is 0. The minimum Gasteiger partial charge on any atom is -0.200 e. The molecular formula is C25H22N2O2S. The number of sulfonamides is 1. The van der Waals surface area contributed by atoms with Gasteiger partial charge in [0.05, 0.1) is 16.0 Å². The lowest BCUT2D eigenvalue weighted by atomic mass is 9.72. The second-order valence-electron chi connectivity index (χ2n) is 7.21. The zero-order valence-corrected chi connectivity index (χ0v) is 17.4. The number of allylic oxidation sites excluding steroid dienone is 4. The molecule has 4 rings (SSSR count). The molecule has 0 atom stereocenters. The van der Waals surface area contributed by atoms with Crippen LogP contribution in [0.15, 0.2) is 119 Å². The van der Waals surface area contributed by atoms with E-state index in [1.807, 2.05) is 55.5 Å². The molecule has 0 unspecified atom stereocenters. The summed E-state index contributed by atoms with van der Waals surface area (Å²) < 4.78 is 25.0. The molecule has 0 aromatic heterocycles. The molecule has 5 heteroatoms. The minimum absolute atomic E-state index is 0.184. The first kappa shape index (κ1) is 19.9. The van der Waals surface area contributed by atoms with Gasteiger partial charge in [0.25, 0.3) is 10.0 Å². The summed E-state index contributed by atoms with van der Waals surface area (Å²) in [6.07, 6.45) is 7.79. The molecule has 30 heavy (non-hydrogen) atoms. The number of nitrogens with one attached hydrogen (secondary N) is 1. The molecular weight excluding hydrogens is 392 g/mol. The van der Waals surface area contributed by atoms with Crippen molar-refractivity contribution in [1.82, 2.24) is 4.83 Å². The van der Waals surface area contributed by atoms with Gasteiger partial charge in [-0.15, -0.1) is 0 Å². The molecule has 3 aromatic carbocycles. The Morgan fingerprint density at radius 1 is 0.733 bits per heavy atom. The van der Waals surface area contributed by atoms with E-state index in [2.05, 4.69) is 46.4 Å². The Morgan fingerprint density at radius 3 is 1.73 bits per heavy atom. The van der Waals surface area contributed by atoms with E-state index in [0.717, 1.165) is 16.7 Å². The van der Waals surface area contributed by atoms with Gasteiger partial charge in [-0.2, -0.15) is 18.4 Å². The van der Waals surface area contributed by atoms with Crippen molar-refractivity contribution in [3.8, 4) is 0 Å². The zero-order valence-electron chi connectivity index (χ0n) is 16.6. The van der Waals surface area contributed by atoms with E-state index in [1.165, 1.54) is 0 Å². The van der Waals surface area contributed by atoms with Gasteiger partial charge in [-0.1, -0.05) is 90.5 Å². The van der Waals surface area contributed by atoms with Crippen LogP contribution in [0.3, 0.4) is 0 Å². The molecule has 0 bridgehead atoms. The first-order valence-corrected chi connectivity index (χ1v) is 11.1. The summed E-state index contributed by atoms with van der Waals surface area (Å²) in [6, 6.07) is 27.1. The second kappa shape index (κ2) is 8.13. The Kier molecular flexibility index (Phi) is 5.38. The molecule has 4 nitrogen and oxygen atoms in total. The van der Waals surface area contributed by atoms with E-state index < -0.39 is 15.4 Å². The van der Waals surface area contributed by atoms with Gasteiger partial charge in [-0.05, 0) is 42.3 Å². The highest BCUT2D eigenvalue weighted by molar-refractivity contribution is 7.89. The van der Waals surface area contributed by atoms with Crippen molar-refractivity contribution in [2.75, 3.05) is 0 Å². The average Bonchev–Trinajstić information content (AvgIpc) is 2.80. The molecule has 1 aliphatic rings. The van der Waals surface area contributed by atoms with Crippen molar-refractivity contribution in [3.05, 3.63) is 126 Å². The van der Waals surface area contributed by atoms with E-state index in [0.29, 0.717) is 5.71 Å². The highest BCUT2D eigenvalue weighted by Crippen LogP contribution is 2.37. The fourth-order valence-electron chi connectivity index (χ4n) is 3.48. The molecule has 150 valence electrons. The van der Waals surface area contributed by atoms with Crippen molar-refractivity contribution in [1.29, 1.82) is 0 Å². The molecule has 1 N–H and O–H groups in total. The summed E-state index contributed by atoms with van der Waals surface area (Å²) in [4.78, 5) is 2.51. The van der Waals surface area contributed by atoms with Crippen molar-refractivity contribution in [2.45, 2.75) is 17.2 Å². The number of benzene rings is 3. The Balaban J connectivity index is 1.63. The van der Waals surface area contributed by atoms with Crippen LogP contribution < -0.4 is 4.83 Å². The largest absolute Gasteiger partial charge is 0.276 e. The summed E-state index contributed by atoms with van der Waals surface area (Å²) in [7, 11) is -3.71. The van der Waals surface area contributed by atoms with Gasteiger partial charge >= 0.3 is 0 Å². The fraction of sp³-hybridized carbons (Fsp3) is 0.0800. The minimum atomic E-state index is -3.71. The van der Waals surface area contributed by atoms with Gasteiger partial charge in [0.1, 0.15) is 0 Å². The number of hydrazone groups is 1. The topological polar surface area (TPSA) is 58.5 Å². The SMILES string of the molecule is Cc1ccc(S(=O)(=O)NN=C2C=CC(c3ccccc3)(c3ccccc3)C=C2)cc1. The quantitative estimate of drug-likeness (QED) is 0.613. The normalized spacial score (nSPS) is 15.0. The van der Waals surface area contributed by atoms with Crippen molar-refractivity contribution >= 4 is 15.7 Å². The van der Waals surface area contributed by atoms with Crippen molar-refractivity contribution < 1.29 is 8.42 Å². The highest BCUT2D eigenvalue weighted by Gasteiger charge is 2.30. The molecule has 0 spiro atoms. The number of hydrogen-bond acceptors (Lipinski definition) is 3. The third kappa shape index (κ3) is 3.98. The Morgan fingerprint density at radius 2 is 1.23 bits per heavy atom. The Bertz CT molecular complexity index is 1150. The first-order chi connectivity index (χ1) is 14.5. The molecule has 1 aliphatic carbocycles. The summed E-state index contributed by atoms with van der Waals surface area (Å²) in [6.45, 7) is 1.91. The van der Waals surface area contributed by atoms with Crippen LogP contribution in [-0.2, 0) is 15.4 Å². The van der Waals surface area contributed by atoms with Crippen LogP contribution in [0.4, 0.5) is 0 Å². The van der Waals surface area contributed by atoms with E-state index >= 15 is 0 Å². The third-order valence-electron chi connectivity index (χ3n) is 5.16. The Labute approximate surface area is 177 Å². The van der Waals surface area contributed by atoms with Gasteiger partial charge in [-0.3, -0.25) is 0 Å². The molecule has 0 amide bonds. The number of rotatable bonds is 5. The highest BCUT2D eigenvalue weighted by atomic mass is 32.2. The maximum Gasteiger partial charge on any atom is 0.276 e. The molecule has 0 radical (unpaired) electrons. The van der Waals surface area contributed by atoms with Crippen LogP contribution in [-0.4, -0.2) is 14.1 Å². The number of aryl methyl sites for hydroxylation is 1. The molecule has 0 aliphatic heterocycles. The summed E-state index contributed by atoms with van der Waals surface area (Å²) in [5.41, 5.74) is 3.35. The third-order valence-corrected chi connectivity index (χ3v) is 6.39. The lowest BCUT2D eigenvalue weighted by Gasteiger charge is -2.31. The number of hydrogen-bond donors (Lipinski definition) is 1. The monoisotopic (exact) mass is 414 g/mol. The molecule has 3 aromatic rings. The van der Waals surface area contributed by atoms with Gasteiger partial charge in [0.2, 0.25) is 0 Å². The zero-order chi connectivity index (χ0) is 21.0. The predicted octanol–water partition coefficient (Wildman–Crippen LogP) is 4.74.